The number of halogens is 2. The van der Waals surface area contributed by atoms with Crippen molar-refractivity contribution in [2.45, 2.75) is 13.8 Å². The van der Waals surface area contributed by atoms with Gasteiger partial charge in [-0.3, -0.25) is 10.1 Å². The van der Waals surface area contributed by atoms with Crippen molar-refractivity contribution in [2.24, 2.45) is 0 Å². The van der Waals surface area contributed by atoms with Crippen LogP contribution in [0.4, 0.5) is 5.69 Å². The average Bonchev–Trinajstić information content (AvgIpc) is 3.06. The average molecular weight is 419 g/mol. The zero-order valence-corrected chi connectivity index (χ0v) is 16.9. The molecule has 0 aliphatic rings. The van der Waals surface area contributed by atoms with Crippen molar-refractivity contribution >= 4 is 52.1 Å². The van der Waals surface area contributed by atoms with E-state index in [0.717, 1.165) is 22.4 Å². The summed E-state index contributed by atoms with van der Waals surface area (Å²) in [5.74, 6) is 0.204. The topological polar surface area (TPSA) is 54.3 Å². The summed E-state index contributed by atoms with van der Waals surface area (Å²) in [4.78, 5) is 12.4. The summed E-state index contributed by atoms with van der Waals surface area (Å²) in [6, 6.07) is 14.3. The number of furan rings is 1. The molecular weight excluding hydrogens is 403 g/mol. The third kappa shape index (κ3) is 4.89. The summed E-state index contributed by atoms with van der Waals surface area (Å²) in [6.45, 7) is 3.99. The van der Waals surface area contributed by atoms with Gasteiger partial charge >= 0.3 is 0 Å². The fraction of sp³-hybridized carbons (Fsp3) is 0.100. The summed E-state index contributed by atoms with van der Waals surface area (Å²) in [5, 5.41) is 6.67. The number of benzene rings is 2. The van der Waals surface area contributed by atoms with Gasteiger partial charge in [-0.15, -0.1) is 0 Å². The smallest absolute Gasteiger partial charge is 0.293 e. The number of thiocarbonyl (C=S) groups is 1. The highest BCUT2D eigenvalue weighted by Gasteiger charge is 2.14. The fourth-order valence-electron chi connectivity index (χ4n) is 2.64. The van der Waals surface area contributed by atoms with Crippen LogP contribution in [0.15, 0.2) is 52.9 Å². The van der Waals surface area contributed by atoms with Crippen molar-refractivity contribution < 1.29 is 9.21 Å². The first-order valence-electron chi connectivity index (χ1n) is 8.08. The number of carbonyl (C=O) groups is 1. The summed E-state index contributed by atoms with van der Waals surface area (Å²) in [5.41, 5.74) is 3.74. The zero-order chi connectivity index (χ0) is 19.6. The number of hydrogen-bond acceptors (Lipinski definition) is 3. The SMILES string of the molecule is Cc1cc(C)cc(NC(=S)NC(=O)c2ccc(-c3ccc(Cl)c(Cl)c3)o2)c1. The number of aryl methyl sites for hydroxylation is 2. The molecule has 0 saturated heterocycles. The Morgan fingerprint density at radius 1 is 0.963 bits per heavy atom. The van der Waals surface area contributed by atoms with Crippen molar-refractivity contribution in [2.75, 3.05) is 5.32 Å². The summed E-state index contributed by atoms with van der Waals surface area (Å²) in [6.07, 6.45) is 0. The predicted molar refractivity (Wildman–Crippen MR) is 114 cm³/mol. The van der Waals surface area contributed by atoms with Gasteiger partial charge in [-0.1, -0.05) is 29.3 Å². The van der Waals surface area contributed by atoms with Gasteiger partial charge in [0.05, 0.1) is 10.0 Å². The maximum absolute atomic E-state index is 12.4. The molecule has 0 aliphatic carbocycles. The van der Waals surface area contributed by atoms with Crippen LogP contribution >= 0.6 is 35.4 Å². The van der Waals surface area contributed by atoms with E-state index in [1.54, 1.807) is 30.3 Å². The lowest BCUT2D eigenvalue weighted by Crippen LogP contribution is -2.33. The lowest BCUT2D eigenvalue weighted by Gasteiger charge is -2.10. The first-order chi connectivity index (χ1) is 12.8. The van der Waals surface area contributed by atoms with Gasteiger partial charge in [-0.25, -0.2) is 0 Å². The largest absolute Gasteiger partial charge is 0.451 e. The molecule has 2 N–H and O–H groups in total. The lowest BCUT2D eigenvalue weighted by atomic mass is 10.1. The molecule has 0 spiro atoms. The second-order valence-corrected chi connectivity index (χ2v) is 7.30. The van der Waals surface area contributed by atoms with E-state index in [-0.39, 0.29) is 10.9 Å². The van der Waals surface area contributed by atoms with E-state index >= 15 is 0 Å². The Bertz CT molecular complexity index is 1010. The van der Waals surface area contributed by atoms with Crippen LogP contribution in [0, 0.1) is 13.8 Å². The quantitative estimate of drug-likeness (QED) is 0.512. The van der Waals surface area contributed by atoms with Gasteiger partial charge in [-0.05, 0) is 79.7 Å². The van der Waals surface area contributed by atoms with Gasteiger partial charge in [0.15, 0.2) is 10.9 Å². The Balaban J connectivity index is 1.68. The Kier molecular flexibility index (Phi) is 5.85. The molecule has 7 heteroatoms. The zero-order valence-electron chi connectivity index (χ0n) is 14.6. The van der Waals surface area contributed by atoms with Crippen LogP contribution < -0.4 is 10.6 Å². The molecule has 0 radical (unpaired) electrons. The van der Waals surface area contributed by atoms with E-state index in [0.29, 0.717) is 15.8 Å². The van der Waals surface area contributed by atoms with Crippen LogP contribution in [0.2, 0.25) is 10.0 Å². The molecule has 0 aliphatic heterocycles. The number of carbonyl (C=O) groups excluding carboxylic acids is 1. The van der Waals surface area contributed by atoms with Gasteiger partial charge in [0.2, 0.25) is 0 Å². The van der Waals surface area contributed by atoms with Gasteiger partial charge in [0.1, 0.15) is 5.76 Å². The third-order valence-electron chi connectivity index (χ3n) is 3.74. The molecule has 3 rings (SSSR count). The lowest BCUT2D eigenvalue weighted by molar-refractivity contribution is 0.0951. The van der Waals surface area contributed by atoms with Crippen LogP contribution in [0.5, 0.6) is 0 Å². The number of hydrogen-bond donors (Lipinski definition) is 2. The highest BCUT2D eigenvalue weighted by atomic mass is 35.5. The first kappa shape index (κ1) is 19.4. The Morgan fingerprint density at radius 3 is 2.33 bits per heavy atom. The van der Waals surface area contributed by atoms with Crippen LogP contribution in [0.25, 0.3) is 11.3 Å². The molecular formula is C20H16Cl2N2O2S. The van der Waals surface area contributed by atoms with Crippen molar-refractivity contribution in [3.63, 3.8) is 0 Å². The molecule has 1 amide bonds. The highest BCUT2D eigenvalue weighted by molar-refractivity contribution is 7.80. The van der Waals surface area contributed by atoms with E-state index < -0.39 is 5.91 Å². The van der Waals surface area contributed by atoms with Crippen molar-refractivity contribution in [3.05, 3.63) is 75.5 Å². The minimum Gasteiger partial charge on any atom is -0.451 e. The molecule has 1 aromatic heterocycles. The van der Waals surface area contributed by atoms with Crippen LogP contribution in [0.3, 0.4) is 0 Å². The van der Waals surface area contributed by atoms with Gasteiger partial charge in [-0.2, -0.15) is 0 Å². The minimum absolute atomic E-state index is 0.139. The van der Waals surface area contributed by atoms with Crippen molar-refractivity contribution in [3.8, 4) is 11.3 Å². The van der Waals surface area contributed by atoms with Gasteiger partial charge < -0.3 is 9.73 Å². The third-order valence-corrected chi connectivity index (χ3v) is 4.68. The van der Waals surface area contributed by atoms with Gasteiger partial charge in [0.25, 0.3) is 5.91 Å². The monoisotopic (exact) mass is 418 g/mol. The van der Waals surface area contributed by atoms with E-state index in [1.165, 1.54) is 0 Å². The standard InChI is InChI=1S/C20H16Cl2N2O2S/c1-11-7-12(2)9-14(8-11)23-20(27)24-19(25)18-6-5-17(26-18)13-3-4-15(21)16(22)10-13/h3-10H,1-2H3,(H2,23,24,25,27). The molecule has 1 heterocycles. The molecule has 2 aromatic carbocycles. The van der Waals surface area contributed by atoms with Gasteiger partial charge in [0, 0.05) is 11.3 Å². The normalized spacial score (nSPS) is 10.5. The molecule has 0 saturated carbocycles. The summed E-state index contributed by atoms with van der Waals surface area (Å²) in [7, 11) is 0. The second-order valence-electron chi connectivity index (χ2n) is 6.08. The Hall–Kier alpha value is -2.34. The Labute approximate surface area is 172 Å². The molecule has 0 fully saturated rings. The number of amides is 1. The predicted octanol–water partition coefficient (Wildman–Crippen LogP) is 6.00. The van der Waals surface area contributed by atoms with Crippen LogP contribution in [0.1, 0.15) is 21.7 Å². The molecule has 0 bridgehead atoms. The van der Waals surface area contributed by atoms with E-state index in [1.807, 2.05) is 26.0 Å². The number of anilines is 1. The van der Waals surface area contributed by atoms with Crippen LogP contribution in [-0.4, -0.2) is 11.0 Å². The number of nitrogens with one attached hydrogen (secondary N) is 2. The summed E-state index contributed by atoms with van der Waals surface area (Å²) < 4.78 is 5.61. The molecule has 4 nitrogen and oxygen atoms in total. The first-order valence-corrected chi connectivity index (χ1v) is 9.24. The van der Waals surface area contributed by atoms with Crippen molar-refractivity contribution in [1.82, 2.24) is 5.32 Å². The Morgan fingerprint density at radius 2 is 1.67 bits per heavy atom. The maximum Gasteiger partial charge on any atom is 0.293 e. The molecule has 3 aromatic rings. The molecule has 138 valence electrons. The van der Waals surface area contributed by atoms with E-state index in [9.17, 15) is 4.79 Å². The molecule has 0 unspecified atom stereocenters. The van der Waals surface area contributed by atoms with Crippen molar-refractivity contribution in [1.29, 1.82) is 0 Å². The molecule has 27 heavy (non-hydrogen) atoms. The fourth-order valence-corrected chi connectivity index (χ4v) is 3.15. The second kappa shape index (κ2) is 8.13. The number of rotatable bonds is 3. The minimum atomic E-state index is -0.441. The highest BCUT2D eigenvalue weighted by Crippen LogP contribution is 2.29. The van der Waals surface area contributed by atoms with E-state index in [2.05, 4.69) is 16.7 Å². The van der Waals surface area contributed by atoms with Crippen LogP contribution in [-0.2, 0) is 0 Å². The maximum atomic E-state index is 12.4. The molecule has 0 atom stereocenters. The van der Waals surface area contributed by atoms with E-state index in [4.69, 9.17) is 39.8 Å². The summed E-state index contributed by atoms with van der Waals surface area (Å²) >= 11 is 17.2.